The lowest BCUT2D eigenvalue weighted by Crippen LogP contribution is -2.19. The number of thiazole rings is 1. The number of nitrogens with zero attached hydrogens (tertiary/aromatic N) is 3. The molecule has 0 atom stereocenters. The Hall–Kier alpha value is -3.33. The molecule has 2 heterocycles. The van der Waals surface area contributed by atoms with Crippen LogP contribution < -0.4 is 5.43 Å². The number of aromatic nitrogens is 1. The number of carbonyl (C=O) groups excluding carboxylic acids is 1. The van der Waals surface area contributed by atoms with E-state index in [9.17, 15) is 14.9 Å². The summed E-state index contributed by atoms with van der Waals surface area (Å²) in [6, 6.07) is 9.48. The number of benzene rings is 1. The smallest absolute Gasteiger partial charge is 0.270 e. The van der Waals surface area contributed by atoms with E-state index in [1.165, 1.54) is 29.7 Å². The number of nitro benzene ring substituents is 1. The van der Waals surface area contributed by atoms with Crippen molar-refractivity contribution in [2.24, 2.45) is 5.10 Å². The molecule has 0 aliphatic carbocycles. The Labute approximate surface area is 152 Å². The first-order valence-corrected chi connectivity index (χ1v) is 8.47. The minimum atomic E-state index is -0.464. The van der Waals surface area contributed by atoms with Gasteiger partial charge in [-0.25, -0.2) is 10.4 Å². The fourth-order valence-corrected chi connectivity index (χ4v) is 2.82. The van der Waals surface area contributed by atoms with Gasteiger partial charge >= 0.3 is 0 Å². The van der Waals surface area contributed by atoms with Crippen LogP contribution in [-0.4, -0.2) is 22.0 Å². The Morgan fingerprint density at radius 2 is 2.27 bits per heavy atom. The highest BCUT2D eigenvalue weighted by atomic mass is 32.1. The van der Waals surface area contributed by atoms with Gasteiger partial charge in [0.1, 0.15) is 11.5 Å². The van der Waals surface area contributed by atoms with Gasteiger partial charge in [0.05, 0.1) is 28.3 Å². The van der Waals surface area contributed by atoms with E-state index in [0.29, 0.717) is 22.8 Å². The highest BCUT2D eigenvalue weighted by Gasteiger charge is 2.10. The van der Waals surface area contributed by atoms with Crippen molar-refractivity contribution in [3.05, 3.63) is 68.4 Å². The number of aryl methyl sites for hydroxylation is 1. The van der Waals surface area contributed by atoms with Gasteiger partial charge in [-0.05, 0) is 19.1 Å². The van der Waals surface area contributed by atoms with Crippen molar-refractivity contribution in [3.8, 4) is 11.3 Å². The Balaban J connectivity index is 1.61. The largest absolute Gasteiger partial charge is 0.455 e. The second kappa shape index (κ2) is 7.70. The summed E-state index contributed by atoms with van der Waals surface area (Å²) in [6.07, 6.45) is 1.52. The number of hydrogen-bond acceptors (Lipinski definition) is 7. The third-order valence-corrected chi connectivity index (χ3v) is 4.18. The molecule has 9 heteroatoms. The van der Waals surface area contributed by atoms with Crippen LogP contribution in [0.1, 0.15) is 16.5 Å². The second-order valence-electron chi connectivity index (χ2n) is 5.34. The molecule has 3 aromatic rings. The summed E-state index contributed by atoms with van der Waals surface area (Å²) >= 11 is 1.48. The van der Waals surface area contributed by atoms with Crippen LogP contribution in [0.5, 0.6) is 0 Å². The van der Waals surface area contributed by atoms with E-state index in [1.54, 1.807) is 24.3 Å². The maximum atomic E-state index is 11.8. The Morgan fingerprint density at radius 1 is 1.42 bits per heavy atom. The van der Waals surface area contributed by atoms with Gasteiger partial charge < -0.3 is 4.42 Å². The second-order valence-corrected chi connectivity index (χ2v) is 6.40. The van der Waals surface area contributed by atoms with Crippen LogP contribution in [0.2, 0.25) is 0 Å². The summed E-state index contributed by atoms with van der Waals surface area (Å²) in [5.41, 5.74) is 3.68. The standard InChI is InChI=1S/C17H14N4O4S/c1-11-19-13(10-26-11)8-17(22)20-18-9-15-5-6-16(25-15)12-3-2-4-14(7-12)21(23)24/h2-7,9-10H,8H2,1H3,(H,20,22)/b18-9-. The first-order chi connectivity index (χ1) is 12.5. The SMILES string of the molecule is Cc1nc(CC(=O)N/N=C\c2ccc(-c3cccc([N+](=O)[O-])c3)o2)cs1. The van der Waals surface area contributed by atoms with Crippen molar-refractivity contribution in [1.29, 1.82) is 0 Å². The van der Waals surface area contributed by atoms with Crippen molar-refractivity contribution in [3.63, 3.8) is 0 Å². The van der Waals surface area contributed by atoms with Gasteiger partial charge in [0, 0.05) is 23.1 Å². The van der Waals surface area contributed by atoms with E-state index in [1.807, 2.05) is 12.3 Å². The van der Waals surface area contributed by atoms with Gasteiger partial charge in [-0.2, -0.15) is 5.10 Å². The molecule has 132 valence electrons. The Bertz CT molecular complexity index is 977. The molecule has 0 bridgehead atoms. The molecule has 3 rings (SSSR count). The summed E-state index contributed by atoms with van der Waals surface area (Å²) in [4.78, 5) is 26.4. The summed E-state index contributed by atoms with van der Waals surface area (Å²) in [5, 5.41) is 17.4. The van der Waals surface area contributed by atoms with Gasteiger partial charge in [-0.15, -0.1) is 11.3 Å². The van der Waals surface area contributed by atoms with Crippen LogP contribution in [0.3, 0.4) is 0 Å². The molecule has 0 saturated carbocycles. The van der Waals surface area contributed by atoms with E-state index in [2.05, 4.69) is 15.5 Å². The average Bonchev–Trinajstić information content (AvgIpc) is 3.24. The van der Waals surface area contributed by atoms with E-state index >= 15 is 0 Å². The summed E-state index contributed by atoms with van der Waals surface area (Å²) < 4.78 is 5.57. The average molecular weight is 370 g/mol. The molecule has 1 aromatic carbocycles. The molecule has 0 radical (unpaired) electrons. The third-order valence-electron chi connectivity index (χ3n) is 3.36. The zero-order chi connectivity index (χ0) is 18.5. The number of non-ortho nitro benzene ring substituents is 1. The van der Waals surface area contributed by atoms with Gasteiger partial charge in [0.2, 0.25) is 5.91 Å². The monoisotopic (exact) mass is 370 g/mol. The Kier molecular flexibility index (Phi) is 5.18. The van der Waals surface area contributed by atoms with Gasteiger partial charge in [-0.1, -0.05) is 12.1 Å². The van der Waals surface area contributed by atoms with Crippen molar-refractivity contribution < 1.29 is 14.1 Å². The number of carbonyl (C=O) groups is 1. The van der Waals surface area contributed by atoms with Crippen LogP contribution >= 0.6 is 11.3 Å². The van der Waals surface area contributed by atoms with Crippen LogP contribution in [0.25, 0.3) is 11.3 Å². The zero-order valence-corrected chi connectivity index (χ0v) is 14.5. The first-order valence-electron chi connectivity index (χ1n) is 7.59. The molecule has 2 aromatic heterocycles. The van der Waals surface area contributed by atoms with Crippen LogP contribution in [0.4, 0.5) is 5.69 Å². The maximum absolute atomic E-state index is 11.8. The van der Waals surface area contributed by atoms with Crippen molar-refractivity contribution in [1.82, 2.24) is 10.4 Å². The number of hydrogen-bond donors (Lipinski definition) is 1. The van der Waals surface area contributed by atoms with Gasteiger partial charge in [0.15, 0.2) is 0 Å². The number of amides is 1. The van der Waals surface area contributed by atoms with E-state index in [4.69, 9.17) is 4.42 Å². The van der Waals surface area contributed by atoms with Crippen LogP contribution in [0, 0.1) is 17.0 Å². The molecule has 0 fully saturated rings. The molecule has 0 aliphatic rings. The molecule has 8 nitrogen and oxygen atoms in total. The molecule has 0 saturated heterocycles. The van der Waals surface area contributed by atoms with E-state index in [-0.39, 0.29) is 18.0 Å². The molecular weight excluding hydrogens is 356 g/mol. The van der Waals surface area contributed by atoms with Crippen molar-refractivity contribution in [2.45, 2.75) is 13.3 Å². The lowest BCUT2D eigenvalue weighted by Gasteiger charge is -1.97. The summed E-state index contributed by atoms with van der Waals surface area (Å²) in [6.45, 7) is 1.88. The number of nitrogens with one attached hydrogen (secondary N) is 1. The topological polar surface area (TPSA) is 111 Å². The quantitative estimate of drug-likeness (QED) is 0.406. The summed E-state index contributed by atoms with van der Waals surface area (Å²) in [7, 11) is 0. The van der Waals surface area contributed by atoms with Gasteiger partial charge in [0.25, 0.3) is 5.69 Å². The fourth-order valence-electron chi connectivity index (χ4n) is 2.21. The Morgan fingerprint density at radius 3 is 3.00 bits per heavy atom. The maximum Gasteiger partial charge on any atom is 0.270 e. The van der Waals surface area contributed by atoms with E-state index in [0.717, 1.165) is 5.01 Å². The molecular formula is C17H14N4O4S. The highest BCUT2D eigenvalue weighted by molar-refractivity contribution is 7.09. The van der Waals surface area contributed by atoms with Crippen LogP contribution in [-0.2, 0) is 11.2 Å². The van der Waals surface area contributed by atoms with Crippen molar-refractivity contribution in [2.75, 3.05) is 0 Å². The number of furan rings is 1. The normalized spacial score (nSPS) is 11.0. The third kappa shape index (κ3) is 4.39. The minimum Gasteiger partial charge on any atom is -0.455 e. The molecule has 0 unspecified atom stereocenters. The van der Waals surface area contributed by atoms with Gasteiger partial charge in [-0.3, -0.25) is 14.9 Å². The fraction of sp³-hybridized carbons (Fsp3) is 0.118. The number of rotatable bonds is 6. The number of hydrazone groups is 1. The minimum absolute atomic E-state index is 0.0151. The van der Waals surface area contributed by atoms with E-state index < -0.39 is 4.92 Å². The first kappa shape index (κ1) is 17.5. The molecule has 0 spiro atoms. The molecule has 1 N–H and O–H groups in total. The molecule has 1 amide bonds. The molecule has 26 heavy (non-hydrogen) atoms. The van der Waals surface area contributed by atoms with Crippen LogP contribution in [0.15, 0.2) is 51.3 Å². The lowest BCUT2D eigenvalue weighted by atomic mass is 10.1. The van der Waals surface area contributed by atoms with Crippen molar-refractivity contribution >= 4 is 29.1 Å². The molecule has 0 aliphatic heterocycles. The lowest BCUT2D eigenvalue weighted by molar-refractivity contribution is -0.384. The highest BCUT2D eigenvalue weighted by Crippen LogP contribution is 2.25. The summed E-state index contributed by atoms with van der Waals surface area (Å²) in [5.74, 6) is 0.604. The number of nitro groups is 1. The predicted molar refractivity (Wildman–Crippen MR) is 97.1 cm³/mol. The zero-order valence-electron chi connectivity index (χ0n) is 13.7. The predicted octanol–water partition coefficient (Wildman–Crippen LogP) is 3.31.